The zero-order chi connectivity index (χ0) is 5.28. The molecular formula is C5H8S2. The maximum atomic E-state index is 4.23. The van der Waals surface area contributed by atoms with Crippen molar-refractivity contribution >= 4 is 25.3 Å². The minimum Gasteiger partial charge on any atom is -0.172 e. The molecule has 40 valence electrons. The van der Waals surface area contributed by atoms with Gasteiger partial charge in [-0.15, -0.1) is 12.6 Å². The van der Waals surface area contributed by atoms with Gasteiger partial charge in [-0.2, -0.15) is 12.6 Å². The molecule has 1 rings (SSSR count). The van der Waals surface area contributed by atoms with Gasteiger partial charge in [0.2, 0.25) is 0 Å². The van der Waals surface area contributed by atoms with Crippen molar-refractivity contribution in [2.24, 2.45) is 0 Å². The third kappa shape index (κ3) is 1.42. The van der Waals surface area contributed by atoms with Crippen LogP contribution in [0.25, 0.3) is 0 Å². The molecule has 0 fully saturated rings. The van der Waals surface area contributed by atoms with Gasteiger partial charge in [0.15, 0.2) is 0 Å². The van der Waals surface area contributed by atoms with Crippen molar-refractivity contribution in [1.82, 2.24) is 0 Å². The molecule has 0 saturated heterocycles. The summed E-state index contributed by atoms with van der Waals surface area (Å²) in [4.78, 5) is 1.19. The maximum Gasteiger partial charge on any atom is 0.0210 e. The lowest BCUT2D eigenvalue weighted by Crippen LogP contribution is -1.81. The first kappa shape index (κ1) is 5.57. The van der Waals surface area contributed by atoms with Gasteiger partial charge in [0, 0.05) is 5.25 Å². The van der Waals surface area contributed by atoms with E-state index >= 15 is 0 Å². The van der Waals surface area contributed by atoms with Crippen LogP contribution >= 0.6 is 25.3 Å². The second kappa shape index (κ2) is 2.14. The largest absolute Gasteiger partial charge is 0.172 e. The van der Waals surface area contributed by atoms with Gasteiger partial charge in [-0.05, 0) is 17.7 Å². The highest BCUT2D eigenvalue weighted by Crippen LogP contribution is 2.23. The molecule has 0 amide bonds. The summed E-state index contributed by atoms with van der Waals surface area (Å²) in [5, 5.41) is 0.479. The van der Waals surface area contributed by atoms with Crippen LogP contribution in [0.15, 0.2) is 11.0 Å². The molecule has 0 aromatic heterocycles. The van der Waals surface area contributed by atoms with E-state index in [0.717, 1.165) is 6.42 Å². The predicted octanol–water partition coefficient (Wildman–Crippen LogP) is 1.89. The van der Waals surface area contributed by atoms with Gasteiger partial charge in [-0.25, -0.2) is 0 Å². The Labute approximate surface area is 54.8 Å². The first-order chi connectivity index (χ1) is 3.29. The maximum absolute atomic E-state index is 4.23. The molecule has 0 aromatic rings. The molecule has 0 bridgehead atoms. The highest BCUT2D eigenvalue weighted by Gasteiger charge is 2.07. The molecule has 1 aliphatic rings. The fourth-order valence-corrected chi connectivity index (χ4v) is 1.42. The highest BCUT2D eigenvalue weighted by atomic mass is 32.1. The molecule has 0 aromatic carbocycles. The minimum atomic E-state index is 0.479. The van der Waals surface area contributed by atoms with Gasteiger partial charge in [-0.1, -0.05) is 6.08 Å². The fourth-order valence-electron chi connectivity index (χ4n) is 0.685. The van der Waals surface area contributed by atoms with E-state index in [1.54, 1.807) is 0 Å². The summed E-state index contributed by atoms with van der Waals surface area (Å²) in [6.45, 7) is 0. The second-order valence-corrected chi connectivity index (χ2v) is 3.00. The summed E-state index contributed by atoms with van der Waals surface area (Å²) >= 11 is 8.39. The molecule has 2 heteroatoms. The Bertz CT molecular complexity index is 96.3. The number of thiol groups is 2. The Balaban J connectivity index is 2.50. The van der Waals surface area contributed by atoms with Crippen LogP contribution in [0.1, 0.15) is 12.8 Å². The van der Waals surface area contributed by atoms with Gasteiger partial charge in [0.25, 0.3) is 0 Å². The standard InChI is InChI=1S/C5H8S2/c6-4-1-2-5(7)3-4/h3-4,6-7H,1-2H2. The van der Waals surface area contributed by atoms with Crippen molar-refractivity contribution in [3.63, 3.8) is 0 Å². The van der Waals surface area contributed by atoms with Gasteiger partial charge in [0.1, 0.15) is 0 Å². The van der Waals surface area contributed by atoms with Crippen LogP contribution in [0, 0.1) is 0 Å². The van der Waals surface area contributed by atoms with Crippen LogP contribution < -0.4 is 0 Å². The Morgan fingerprint density at radius 3 is 2.57 bits per heavy atom. The van der Waals surface area contributed by atoms with Crippen LogP contribution in [0.2, 0.25) is 0 Å². The van der Waals surface area contributed by atoms with Crippen LogP contribution in [0.4, 0.5) is 0 Å². The Morgan fingerprint density at radius 1 is 1.71 bits per heavy atom. The lowest BCUT2D eigenvalue weighted by Gasteiger charge is -1.88. The van der Waals surface area contributed by atoms with Gasteiger partial charge < -0.3 is 0 Å². The normalized spacial score (nSPS) is 30.6. The molecule has 0 nitrogen and oxygen atoms in total. The van der Waals surface area contributed by atoms with E-state index in [-0.39, 0.29) is 0 Å². The zero-order valence-electron chi connectivity index (χ0n) is 3.96. The average Bonchev–Trinajstić information content (AvgIpc) is 1.87. The fraction of sp³-hybridized carbons (Fsp3) is 0.600. The summed E-state index contributed by atoms with van der Waals surface area (Å²) in [5.41, 5.74) is 0. The van der Waals surface area contributed by atoms with Gasteiger partial charge >= 0.3 is 0 Å². The SMILES string of the molecule is SC1=CC(S)CC1. The Hall–Kier alpha value is 0.440. The lowest BCUT2D eigenvalue weighted by molar-refractivity contribution is 0.944. The van der Waals surface area contributed by atoms with Crippen LogP contribution in [0.3, 0.4) is 0 Å². The van der Waals surface area contributed by atoms with Crippen LogP contribution in [0.5, 0.6) is 0 Å². The third-order valence-electron chi connectivity index (χ3n) is 1.08. The van der Waals surface area contributed by atoms with Gasteiger partial charge in [0.05, 0.1) is 0 Å². The van der Waals surface area contributed by atoms with Crippen molar-refractivity contribution in [2.45, 2.75) is 18.1 Å². The number of rotatable bonds is 0. The molecule has 1 unspecified atom stereocenters. The smallest absolute Gasteiger partial charge is 0.0210 e. The number of hydrogen-bond donors (Lipinski definition) is 2. The summed E-state index contributed by atoms with van der Waals surface area (Å²) in [7, 11) is 0. The third-order valence-corrected chi connectivity index (χ3v) is 1.86. The first-order valence-corrected chi connectivity index (χ1v) is 3.33. The quantitative estimate of drug-likeness (QED) is 0.462. The topological polar surface area (TPSA) is 0 Å². The summed E-state index contributed by atoms with van der Waals surface area (Å²) < 4.78 is 0. The van der Waals surface area contributed by atoms with E-state index in [0.29, 0.717) is 5.25 Å². The molecule has 7 heavy (non-hydrogen) atoms. The van der Waals surface area contributed by atoms with E-state index in [1.807, 2.05) is 0 Å². The molecule has 0 N–H and O–H groups in total. The van der Waals surface area contributed by atoms with Crippen molar-refractivity contribution in [2.75, 3.05) is 0 Å². The van der Waals surface area contributed by atoms with Crippen LogP contribution in [-0.4, -0.2) is 5.25 Å². The number of hydrogen-bond acceptors (Lipinski definition) is 2. The van der Waals surface area contributed by atoms with Gasteiger partial charge in [-0.3, -0.25) is 0 Å². The second-order valence-electron chi connectivity index (χ2n) is 1.76. The average molecular weight is 132 g/mol. The van der Waals surface area contributed by atoms with Crippen molar-refractivity contribution in [3.05, 3.63) is 11.0 Å². The predicted molar refractivity (Wildman–Crippen MR) is 39.1 cm³/mol. The molecule has 0 heterocycles. The monoisotopic (exact) mass is 132 g/mol. The first-order valence-electron chi connectivity index (χ1n) is 2.37. The van der Waals surface area contributed by atoms with E-state index in [9.17, 15) is 0 Å². The van der Waals surface area contributed by atoms with Crippen molar-refractivity contribution < 1.29 is 0 Å². The molecule has 1 aliphatic carbocycles. The van der Waals surface area contributed by atoms with E-state index in [2.05, 4.69) is 31.3 Å². The Kier molecular flexibility index (Phi) is 1.70. The Morgan fingerprint density at radius 2 is 2.43 bits per heavy atom. The van der Waals surface area contributed by atoms with Crippen LogP contribution in [-0.2, 0) is 0 Å². The van der Waals surface area contributed by atoms with E-state index < -0.39 is 0 Å². The summed E-state index contributed by atoms with van der Waals surface area (Å²) in [6, 6.07) is 0. The lowest BCUT2D eigenvalue weighted by atomic mass is 10.4. The molecule has 0 aliphatic heterocycles. The molecular weight excluding hydrogens is 124 g/mol. The van der Waals surface area contributed by atoms with Crippen molar-refractivity contribution in [1.29, 1.82) is 0 Å². The van der Waals surface area contributed by atoms with E-state index in [1.165, 1.54) is 11.3 Å². The molecule has 0 radical (unpaired) electrons. The molecule has 0 spiro atoms. The highest BCUT2D eigenvalue weighted by molar-refractivity contribution is 7.84. The zero-order valence-corrected chi connectivity index (χ0v) is 5.75. The van der Waals surface area contributed by atoms with Crippen molar-refractivity contribution in [3.8, 4) is 0 Å². The molecule has 0 saturated carbocycles. The summed E-state index contributed by atoms with van der Waals surface area (Å²) in [5.74, 6) is 0. The van der Waals surface area contributed by atoms with E-state index in [4.69, 9.17) is 0 Å². The minimum absolute atomic E-state index is 0.479. The number of allylic oxidation sites excluding steroid dienone is 1. The summed E-state index contributed by atoms with van der Waals surface area (Å²) in [6.07, 6.45) is 4.38. The molecule has 1 atom stereocenters.